The lowest BCUT2D eigenvalue weighted by molar-refractivity contribution is 0.191. The average Bonchev–Trinajstić information content (AvgIpc) is 2.32. The summed E-state index contributed by atoms with van der Waals surface area (Å²) in [5, 5.41) is 15.6. The molecule has 0 amide bonds. The lowest BCUT2D eigenvalue weighted by Gasteiger charge is -2.13. The average molecular weight is 396 g/mol. The van der Waals surface area contributed by atoms with Crippen LogP contribution in [0.5, 0.6) is 5.75 Å². The van der Waals surface area contributed by atoms with Crippen molar-refractivity contribution in [3.05, 3.63) is 26.6 Å². The number of hydrogen-bond donors (Lipinski definition) is 3. The van der Waals surface area contributed by atoms with Crippen molar-refractivity contribution in [1.29, 1.82) is 0 Å². The topological polar surface area (TPSA) is 53.5 Å². The van der Waals surface area contributed by atoms with Crippen LogP contribution >= 0.6 is 31.9 Å². The molecule has 3 N–H and O–H groups in total. The fraction of sp³-hybridized carbons (Fsp3) is 0.538. The molecule has 0 bridgehead atoms. The SMILES string of the molecule is COc1c(Br)cc(Br)cc1CNCCNC[C@H](C)O. The lowest BCUT2D eigenvalue weighted by atomic mass is 10.2. The Hall–Kier alpha value is -0.140. The van der Waals surface area contributed by atoms with E-state index in [1.54, 1.807) is 14.0 Å². The summed E-state index contributed by atoms with van der Waals surface area (Å²) < 4.78 is 7.34. The maximum atomic E-state index is 9.11. The smallest absolute Gasteiger partial charge is 0.137 e. The van der Waals surface area contributed by atoms with Gasteiger partial charge in [-0.05, 0) is 35.0 Å². The Morgan fingerprint density at radius 2 is 1.95 bits per heavy atom. The minimum absolute atomic E-state index is 0.305. The van der Waals surface area contributed by atoms with Crippen LogP contribution in [0.3, 0.4) is 0 Å². The van der Waals surface area contributed by atoms with Crippen molar-refractivity contribution in [2.75, 3.05) is 26.7 Å². The van der Waals surface area contributed by atoms with E-state index in [-0.39, 0.29) is 6.10 Å². The predicted molar refractivity (Wildman–Crippen MR) is 84.7 cm³/mol. The van der Waals surface area contributed by atoms with Gasteiger partial charge in [0.1, 0.15) is 5.75 Å². The molecule has 4 nitrogen and oxygen atoms in total. The highest BCUT2D eigenvalue weighted by Gasteiger charge is 2.08. The molecule has 1 aromatic carbocycles. The number of aliphatic hydroxyl groups excluding tert-OH is 1. The summed E-state index contributed by atoms with van der Waals surface area (Å²) in [6, 6.07) is 4.01. The Balaban J connectivity index is 2.40. The van der Waals surface area contributed by atoms with E-state index in [9.17, 15) is 0 Å². The van der Waals surface area contributed by atoms with Crippen molar-refractivity contribution in [2.45, 2.75) is 19.6 Å². The molecule has 0 heterocycles. The van der Waals surface area contributed by atoms with Crippen molar-refractivity contribution >= 4 is 31.9 Å². The number of aliphatic hydroxyl groups is 1. The van der Waals surface area contributed by atoms with Crippen LogP contribution in [0, 0.1) is 0 Å². The van der Waals surface area contributed by atoms with Gasteiger partial charge in [-0.25, -0.2) is 0 Å². The van der Waals surface area contributed by atoms with Gasteiger partial charge in [-0.15, -0.1) is 0 Å². The third kappa shape index (κ3) is 6.23. The molecule has 0 saturated heterocycles. The van der Waals surface area contributed by atoms with Crippen molar-refractivity contribution in [3.63, 3.8) is 0 Å². The summed E-state index contributed by atoms with van der Waals surface area (Å²) in [6.07, 6.45) is -0.305. The van der Waals surface area contributed by atoms with E-state index in [4.69, 9.17) is 9.84 Å². The van der Waals surface area contributed by atoms with Gasteiger partial charge in [0.25, 0.3) is 0 Å². The molecule has 19 heavy (non-hydrogen) atoms. The molecular formula is C13H20Br2N2O2. The first kappa shape index (κ1) is 16.9. The number of benzene rings is 1. The zero-order chi connectivity index (χ0) is 14.3. The number of halogens is 2. The minimum atomic E-state index is -0.305. The van der Waals surface area contributed by atoms with Gasteiger partial charge >= 0.3 is 0 Å². The number of rotatable bonds is 8. The number of methoxy groups -OCH3 is 1. The Morgan fingerprint density at radius 1 is 1.26 bits per heavy atom. The molecule has 108 valence electrons. The van der Waals surface area contributed by atoms with Crippen molar-refractivity contribution < 1.29 is 9.84 Å². The van der Waals surface area contributed by atoms with E-state index in [2.05, 4.69) is 42.5 Å². The van der Waals surface area contributed by atoms with E-state index in [1.165, 1.54) is 0 Å². The van der Waals surface area contributed by atoms with Gasteiger partial charge in [-0.2, -0.15) is 0 Å². The van der Waals surface area contributed by atoms with Gasteiger partial charge in [-0.1, -0.05) is 15.9 Å². The lowest BCUT2D eigenvalue weighted by Crippen LogP contribution is -2.31. The molecule has 0 saturated carbocycles. The van der Waals surface area contributed by atoms with Crippen molar-refractivity contribution in [1.82, 2.24) is 10.6 Å². The van der Waals surface area contributed by atoms with Crippen LogP contribution in [0.4, 0.5) is 0 Å². The fourth-order valence-electron chi connectivity index (χ4n) is 1.68. The largest absolute Gasteiger partial charge is 0.495 e. The van der Waals surface area contributed by atoms with Crippen LogP contribution in [0.15, 0.2) is 21.1 Å². The van der Waals surface area contributed by atoms with Gasteiger partial charge in [0.15, 0.2) is 0 Å². The highest BCUT2D eigenvalue weighted by molar-refractivity contribution is 9.11. The summed E-state index contributed by atoms with van der Waals surface area (Å²) >= 11 is 6.96. The molecule has 1 rings (SSSR count). The number of ether oxygens (including phenoxy) is 1. The highest BCUT2D eigenvalue weighted by atomic mass is 79.9. The third-order valence-corrected chi connectivity index (χ3v) is 3.57. The Bertz CT molecular complexity index is 400. The van der Waals surface area contributed by atoms with Crippen molar-refractivity contribution in [3.8, 4) is 5.75 Å². The summed E-state index contributed by atoms with van der Waals surface area (Å²) in [5.41, 5.74) is 1.10. The van der Waals surface area contributed by atoms with Crippen LogP contribution in [0.2, 0.25) is 0 Å². The van der Waals surface area contributed by atoms with Crippen LogP contribution in [0.25, 0.3) is 0 Å². The second-order valence-corrected chi connectivity index (χ2v) is 6.08. The van der Waals surface area contributed by atoms with E-state index < -0.39 is 0 Å². The Labute approximate surface area is 131 Å². The van der Waals surface area contributed by atoms with Crippen LogP contribution in [-0.4, -0.2) is 38.0 Å². The molecule has 0 aliphatic rings. The van der Waals surface area contributed by atoms with Gasteiger partial charge in [-0.3, -0.25) is 0 Å². The summed E-state index contributed by atoms with van der Waals surface area (Å²) in [4.78, 5) is 0. The van der Waals surface area contributed by atoms with E-state index in [0.29, 0.717) is 6.54 Å². The molecule has 0 aliphatic heterocycles. The van der Waals surface area contributed by atoms with Crippen LogP contribution in [-0.2, 0) is 6.54 Å². The summed E-state index contributed by atoms with van der Waals surface area (Å²) in [6.45, 7) is 4.78. The quantitative estimate of drug-likeness (QED) is 0.591. The predicted octanol–water partition coefficient (Wildman–Crippen LogP) is 2.28. The Kier molecular flexibility index (Phi) is 7.94. The minimum Gasteiger partial charge on any atom is -0.495 e. The van der Waals surface area contributed by atoms with Gasteiger partial charge < -0.3 is 20.5 Å². The van der Waals surface area contributed by atoms with Crippen LogP contribution in [0.1, 0.15) is 12.5 Å². The summed E-state index contributed by atoms with van der Waals surface area (Å²) in [5.74, 6) is 0.854. The summed E-state index contributed by atoms with van der Waals surface area (Å²) in [7, 11) is 1.67. The maximum absolute atomic E-state index is 9.11. The first-order valence-corrected chi connectivity index (χ1v) is 7.74. The zero-order valence-corrected chi connectivity index (χ0v) is 14.3. The van der Waals surface area contributed by atoms with Gasteiger partial charge in [0.2, 0.25) is 0 Å². The van der Waals surface area contributed by atoms with E-state index in [1.807, 2.05) is 12.1 Å². The van der Waals surface area contributed by atoms with Crippen molar-refractivity contribution in [2.24, 2.45) is 0 Å². The molecule has 1 atom stereocenters. The Morgan fingerprint density at radius 3 is 2.58 bits per heavy atom. The molecule has 0 fully saturated rings. The fourth-order valence-corrected chi connectivity index (χ4v) is 3.16. The standard InChI is InChI=1S/C13H20Br2N2O2/c1-9(18)7-16-3-4-17-8-10-5-11(14)6-12(15)13(10)19-2/h5-6,9,16-18H,3-4,7-8H2,1-2H3/t9-/m0/s1. The number of nitrogens with one attached hydrogen (secondary N) is 2. The van der Waals surface area contributed by atoms with Gasteiger partial charge in [0.05, 0.1) is 17.7 Å². The van der Waals surface area contributed by atoms with E-state index in [0.717, 1.165) is 39.9 Å². The third-order valence-electron chi connectivity index (χ3n) is 2.52. The maximum Gasteiger partial charge on any atom is 0.137 e. The zero-order valence-electron chi connectivity index (χ0n) is 11.2. The second-order valence-electron chi connectivity index (χ2n) is 4.31. The van der Waals surface area contributed by atoms with Gasteiger partial charge in [0, 0.05) is 36.2 Å². The van der Waals surface area contributed by atoms with E-state index >= 15 is 0 Å². The molecule has 0 spiro atoms. The molecule has 0 unspecified atom stereocenters. The molecule has 1 aromatic rings. The second kappa shape index (κ2) is 8.92. The number of hydrogen-bond acceptors (Lipinski definition) is 4. The molecule has 0 radical (unpaired) electrons. The highest BCUT2D eigenvalue weighted by Crippen LogP contribution is 2.32. The molecule has 0 aromatic heterocycles. The first-order chi connectivity index (χ1) is 9.04. The van der Waals surface area contributed by atoms with Crippen LogP contribution < -0.4 is 15.4 Å². The first-order valence-electron chi connectivity index (χ1n) is 6.16. The molecule has 6 heteroatoms. The molecule has 0 aliphatic carbocycles. The monoisotopic (exact) mass is 394 g/mol. The normalized spacial score (nSPS) is 12.5. The molecular weight excluding hydrogens is 376 g/mol.